The minimum absolute atomic E-state index is 0.141. The van der Waals surface area contributed by atoms with Gasteiger partial charge in [0.15, 0.2) is 0 Å². The first kappa shape index (κ1) is 19.1. The number of carbonyl (C=O) groups is 3. The number of hydrogen-bond donors (Lipinski definition) is 2. The predicted octanol–water partition coefficient (Wildman–Crippen LogP) is 3.05. The highest BCUT2D eigenvalue weighted by atomic mass is 16.5. The molecule has 1 amide bonds. The van der Waals surface area contributed by atoms with Gasteiger partial charge in [-0.3, -0.25) is 4.79 Å². The maximum atomic E-state index is 12.5. The van der Waals surface area contributed by atoms with Gasteiger partial charge in [0.2, 0.25) is 0 Å². The van der Waals surface area contributed by atoms with Crippen LogP contribution in [0.15, 0.2) is 66.7 Å². The van der Waals surface area contributed by atoms with Crippen molar-refractivity contribution in [2.24, 2.45) is 0 Å². The van der Waals surface area contributed by atoms with Crippen LogP contribution in [-0.4, -0.2) is 36.1 Å². The maximum absolute atomic E-state index is 12.5. The summed E-state index contributed by atoms with van der Waals surface area (Å²) >= 11 is 0. The van der Waals surface area contributed by atoms with E-state index in [1.54, 1.807) is 6.07 Å². The van der Waals surface area contributed by atoms with Gasteiger partial charge in [-0.05, 0) is 34.5 Å². The zero-order valence-corrected chi connectivity index (χ0v) is 15.2. The Hall–Kier alpha value is -3.67. The molecule has 3 aromatic carbocycles. The van der Waals surface area contributed by atoms with Crippen molar-refractivity contribution in [1.82, 2.24) is 5.32 Å². The second-order valence-electron chi connectivity index (χ2n) is 6.32. The first-order valence-corrected chi connectivity index (χ1v) is 8.67. The number of rotatable bonds is 6. The number of ether oxygens (including phenoxy) is 1. The highest BCUT2D eigenvalue weighted by molar-refractivity contribution is 5.99. The maximum Gasteiger partial charge on any atom is 0.337 e. The molecule has 0 aliphatic heterocycles. The first-order chi connectivity index (χ1) is 13.5. The predicted molar refractivity (Wildman–Crippen MR) is 104 cm³/mol. The molecule has 3 aromatic rings. The van der Waals surface area contributed by atoms with Crippen LogP contribution in [0.1, 0.15) is 26.3 Å². The third-order valence-corrected chi connectivity index (χ3v) is 4.40. The third kappa shape index (κ3) is 4.35. The van der Waals surface area contributed by atoms with E-state index in [9.17, 15) is 19.5 Å². The van der Waals surface area contributed by atoms with Gasteiger partial charge in [-0.2, -0.15) is 0 Å². The van der Waals surface area contributed by atoms with Gasteiger partial charge in [0.1, 0.15) is 6.04 Å². The Morgan fingerprint density at radius 2 is 1.64 bits per heavy atom. The molecule has 0 bridgehead atoms. The fourth-order valence-electron chi connectivity index (χ4n) is 2.95. The molecule has 0 aromatic heterocycles. The smallest absolute Gasteiger partial charge is 0.337 e. The molecular weight excluding hydrogens is 358 g/mol. The lowest BCUT2D eigenvalue weighted by molar-refractivity contribution is -0.139. The number of esters is 1. The Morgan fingerprint density at radius 1 is 0.929 bits per heavy atom. The van der Waals surface area contributed by atoms with Gasteiger partial charge in [0, 0.05) is 12.0 Å². The summed E-state index contributed by atoms with van der Waals surface area (Å²) in [5.74, 6) is -2.27. The van der Waals surface area contributed by atoms with Crippen molar-refractivity contribution < 1.29 is 24.2 Å². The summed E-state index contributed by atoms with van der Waals surface area (Å²) in [4.78, 5) is 35.8. The number of carboxylic acid groups (broad SMARTS) is 1. The van der Waals surface area contributed by atoms with E-state index in [1.165, 1.54) is 25.3 Å². The van der Waals surface area contributed by atoms with Crippen LogP contribution in [0, 0.1) is 0 Å². The number of fused-ring (bicyclic) bond motifs is 1. The molecule has 3 rings (SSSR count). The molecule has 0 saturated heterocycles. The largest absolute Gasteiger partial charge is 0.480 e. The summed E-state index contributed by atoms with van der Waals surface area (Å²) in [5.41, 5.74) is 1.21. The molecule has 142 valence electrons. The van der Waals surface area contributed by atoms with E-state index in [0.717, 1.165) is 16.3 Å². The van der Waals surface area contributed by atoms with Crippen LogP contribution >= 0.6 is 0 Å². The first-order valence-electron chi connectivity index (χ1n) is 8.67. The zero-order chi connectivity index (χ0) is 20.1. The lowest BCUT2D eigenvalue weighted by atomic mass is 10.0. The molecule has 6 heteroatoms. The van der Waals surface area contributed by atoms with E-state index in [-0.39, 0.29) is 17.5 Å². The van der Waals surface area contributed by atoms with Gasteiger partial charge in [0.25, 0.3) is 5.91 Å². The van der Waals surface area contributed by atoms with Crippen LogP contribution in [0.3, 0.4) is 0 Å². The second-order valence-corrected chi connectivity index (χ2v) is 6.32. The number of nitrogens with one attached hydrogen (secondary N) is 1. The number of benzene rings is 3. The van der Waals surface area contributed by atoms with E-state index < -0.39 is 23.9 Å². The van der Waals surface area contributed by atoms with Crippen LogP contribution in [-0.2, 0) is 16.0 Å². The topological polar surface area (TPSA) is 92.7 Å². The number of methoxy groups -OCH3 is 1. The molecule has 0 saturated carbocycles. The molecular formula is C22H19NO5. The summed E-state index contributed by atoms with van der Waals surface area (Å²) in [6.07, 6.45) is 0.141. The minimum Gasteiger partial charge on any atom is -0.480 e. The minimum atomic E-state index is -1.13. The molecule has 6 nitrogen and oxygen atoms in total. The zero-order valence-electron chi connectivity index (χ0n) is 15.2. The normalized spacial score (nSPS) is 11.6. The number of carboxylic acids is 1. The van der Waals surface area contributed by atoms with E-state index in [2.05, 4.69) is 10.1 Å². The lowest BCUT2D eigenvalue weighted by Gasteiger charge is -2.15. The molecule has 0 radical (unpaired) electrons. The molecule has 0 aliphatic rings. The fraction of sp³-hybridized carbons (Fsp3) is 0.136. The standard InChI is InChI=1S/C22H19NO5/c1-28-22(27)18-8-4-7-17(13-18)20(24)23-19(21(25)26)12-14-9-10-15-5-2-3-6-16(15)11-14/h2-11,13,19H,12H2,1H3,(H,23,24)(H,25,26)/t19-/m1/s1. The van der Waals surface area contributed by atoms with Crippen molar-refractivity contribution in [1.29, 1.82) is 0 Å². The van der Waals surface area contributed by atoms with Crippen molar-refractivity contribution in [3.8, 4) is 0 Å². The molecule has 0 heterocycles. The number of aliphatic carboxylic acids is 1. The van der Waals surface area contributed by atoms with Crippen molar-refractivity contribution in [3.05, 3.63) is 83.4 Å². The fourth-order valence-corrected chi connectivity index (χ4v) is 2.95. The van der Waals surface area contributed by atoms with Crippen molar-refractivity contribution in [2.45, 2.75) is 12.5 Å². The quantitative estimate of drug-likeness (QED) is 0.644. The van der Waals surface area contributed by atoms with Crippen LogP contribution < -0.4 is 5.32 Å². The van der Waals surface area contributed by atoms with Crippen LogP contribution in [0.25, 0.3) is 10.8 Å². The van der Waals surface area contributed by atoms with Crippen LogP contribution in [0.4, 0.5) is 0 Å². The van der Waals surface area contributed by atoms with Gasteiger partial charge < -0.3 is 15.2 Å². The number of amides is 1. The summed E-state index contributed by atoms with van der Waals surface area (Å²) in [6.45, 7) is 0. The Morgan fingerprint density at radius 3 is 2.36 bits per heavy atom. The lowest BCUT2D eigenvalue weighted by Crippen LogP contribution is -2.42. The Kier molecular flexibility index (Phi) is 5.69. The van der Waals surface area contributed by atoms with E-state index in [4.69, 9.17) is 0 Å². The van der Waals surface area contributed by atoms with Crippen molar-refractivity contribution in [3.63, 3.8) is 0 Å². The van der Waals surface area contributed by atoms with Gasteiger partial charge in [-0.25, -0.2) is 9.59 Å². The van der Waals surface area contributed by atoms with Crippen LogP contribution in [0.5, 0.6) is 0 Å². The van der Waals surface area contributed by atoms with Crippen molar-refractivity contribution >= 4 is 28.6 Å². The molecule has 2 N–H and O–H groups in total. The van der Waals surface area contributed by atoms with Gasteiger partial charge in [0.05, 0.1) is 12.7 Å². The number of hydrogen-bond acceptors (Lipinski definition) is 4. The summed E-state index contributed by atoms with van der Waals surface area (Å²) in [6, 6.07) is 18.3. The Labute approximate surface area is 161 Å². The SMILES string of the molecule is COC(=O)c1cccc(C(=O)N[C@H](Cc2ccc3ccccc3c2)C(=O)O)c1. The summed E-state index contributed by atoms with van der Waals surface area (Å²) < 4.78 is 4.64. The highest BCUT2D eigenvalue weighted by Gasteiger charge is 2.22. The van der Waals surface area contributed by atoms with Crippen LogP contribution in [0.2, 0.25) is 0 Å². The van der Waals surface area contributed by atoms with Gasteiger partial charge >= 0.3 is 11.9 Å². The van der Waals surface area contributed by atoms with E-state index in [0.29, 0.717) is 0 Å². The van der Waals surface area contributed by atoms with E-state index in [1.807, 2.05) is 42.5 Å². The molecule has 0 spiro atoms. The molecule has 0 fully saturated rings. The molecule has 0 unspecified atom stereocenters. The average Bonchev–Trinajstić information content (AvgIpc) is 2.72. The molecule has 1 atom stereocenters. The van der Waals surface area contributed by atoms with Crippen molar-refractivity contribution in [2.75, 3.05) is 7.11 Å². The summed E-state index contributed by atoms with van der Waals surface area (Å²) in [5, 5.41) is 14.1. The second kappa shape index (κ2) is 8.35. The Bertz CT molecular complexity index is 1040. The average molecular weight is 377 g/mol. The monoisotopic (exact) mass is 377 g/mol. The Balaban J connectivity index is 1.78. The molecule has 0 aliphatic carbocycles. The van der Waals surface area contributed by atoms with E-state index >= 15 is 0 Å². The number of carbonyl (C=O) groups excluding carboxylic acids is 2. The molecule has 28 heavy (non-hydrogen) atoms. The third-order valence-electron chi connectivity index (χ3n) is 4.40. The highest BCUT2D eigenvalue weighted by Crippen LogP contribution is 2.17. The summed E-state index contributed by atoms with van der Waals surface area (Å²) in [7, 11) is 1.25. The van der Waals surface area contributed by atoms with Gasteiger partial charge in [-0.1, -0.05) is 48.5 Å². The van der Waals surface area contributed by atoms with Gasteiger partial charge in [-0.15, -0.1) is 0 Å².